The van der Waals surface area contributed by atoms with E-state index < -0.39 is 64.2 Å². The Morgan fingerprint density at radius 2 is 1.63 bits per heavy atom. The fourth-order valence-corrected chi connectivity index (χ4v) is 7.26. The molecule has 3 rings (SSSR count). The summed E-state index contributed by atoms with van der Waals surface area (Å²) < 4.78 is 24.1. The number of carbonyl (C=O) groups excluding carboxylic acids is 3. The smallest absolute Gasteiger partial charge is 0.307 e. The third-order valence-electron chi connectivity index (χ3n) is 8.81. The van der Waals surface area contributed by atoms with Gasteiger partial charge in [-0.15, -0.1) is 0 Å². The molecule has 1 aliphatic heterocycles. The number of aliphatic hydroxyl groups is 1. The molecule has 0 bridgehead atoms. The molecular weight excluding hydrogens is 454 g/mol. The molecule has 9 nitrogen and oxygen atoms in total. The van der Waals surface area contributed by atoms with Crippen LogP contribution in [0.4, 0.5) is 0 Å². The number of ether oxygens (including phenoxy) is 4. The monoisotopic (exact) mass is 497 g/mol. The SMILES string of the molecule is CC(=O)O[C@H]1CCC(C)(C)[C@@H]2[C@H](OC(=O)CCN(C)C)[C@H](OC(C)=O)[C@@]3(C)OCCC[C@]3(O)[C@@]12C. The highest BCUT2D eigenvalue weighted by atomic mass is 16.6. The van der Waals surface area contributed by atoms with Crippen molar-refractivity contribution >= 4 is 17.9 Å². The van der Waals surface area contributed by atoms with Crippen LogP contribution < -0.4 is 0 Å². The predicted octanol–water partition coefficient (Wildman–Crippen LogP) is 2.47. The molecule has 1 heterocycles. The zero-order valence-corrected chi connectivity index (χ0v) is 22.5. The maximum atomic E-state index is 13.1. The van der Waals surface area contributed by atoms with Gasteiger partial charge in [0.05, 0.1) is 6.42 Å². The molecule has 3 aliphatic rings. The summed E-state index contributed by atoms with van der Waals surface area (Å²) in [5.74, 6) is -1.87. The Hall–Kier alpha value is -1.71. The molecule has 0 aromatic carbocycles. The fourth-order valence-electron chi connectivity index (χ4n) is 7.26. The lowest BCUT2D eigenvalue weighted by Gasteiger charge is -2.71. The number of esters is 3. The Morgan fingerprint density at radius 1 is 1.00 bits per heavy atom. The van der Waals surface area contributed by atoms with Gasteiger partial charge in [0.15, 0.2) is 6.10 Å². The zero-order chi connectivity index (χ0) is 26.4. The summed E-state index contributed by atoms with van der Waals surface area (Å²) in [5, 5.41) is 12.6. The normalized spacial score (nSPS) is 40.3. The second kappa shape index (κ2) is 9.63. The molecule has 0 aromatic heterocycles. The zero-order valence-electron chi connectivity index (χ0n) is 22.5. The van der Waals surface area contributed by atoms with Crippen LogP contribution in [-0.2, 0) is 33.3 Å². The van der Waals surface area contributed by atoms with Gasteiger partial charge in [0.2, 0.25) is 0 Å². The third kappa shape index (κ3) is 4.60. The first-order valence-corrected chi connectivity index (χ1v) is 12.6. The van der Waals surface area contributed by atoms with Crippen molar-refractivity contribution in [2.75, 3.05) is 27.2 Å². The van der Waals surface area contributed by atoms with Crippen LogP contribution in [0.1, 0.15) is 73.6 Å². The van der Waals surface area contributed by atoms with E-state index in [0.29, 0.717) is 38.8 Å². The molecule has 3 fully saturated rings. The number of fused-ring (bicyclic) bond motifs is 3. The van der Waals surface area contributed by atoms with Crippen LogP contribution in [0.5, 0.6) is 0 Å². The lowest BCUT2D eigenvalue weighted by Crippen LogP contribution is -2.83. The molecule has 2 saturated carbocycles. The van der Waals surface area contributed by atoms with Gasteiger partial charge in [-0.1, -0.05) is 20.8 Å². The van der Waals surface area contributed by atoms with Gasteiger partial charge in [0.1, 0.15) is 23.4 Å². The van der Waals surface area contributed by atoms with Crippen LogP contribution in [0, 0.1) is 16.7 Å². The molecule has 1 saturated heterocycles. The van der Waals surface area contributed by atoms with Crippen molar-refractivity contribution in [3.05, 3.63) is 0 Å². The van der Waals surface area contributed by atoms with Gasteiger partial charge in [0.25, 0.3) is 0 Å². The molecule has 200 valence electrons. The Labute approximate surface area is 208 Å². The van der Waals surface area contributed by atoms with E-state index in [1.165, 1.54) is 13.8 Å². The number of hydrogen-bond acceptors (Lipinski definition) is 9. The quantitative estimate of drug-likeness (QED) is 0.437. The Kier molecular flexibility index (Phi) is 7.67. The molecule has 0 amide bonds. The van der Waals surface area contributed by atoms with Crippen molar-refractivity contribution in [2.24, 2.45) is 16.7 Å². The minimum atomic E-state index is -1.51. The number of nitrogens with zero attached hydrogens (tertiary/aromatic N) is 1. The van der Waals surface area contributed by atoms with Crippen molar-refractivity contribution in [1.82, 2.24) is 4.90 Å². The predicted molar refractivity (Wildman–Crippen MR) is 127 cm³/mol. The van der Waals surface area contributed by atoms with E-state index in [1.807, 2.05) is 25.9 Å². The Balaban J connectivity index is 2.21. The fraction of sp³-hybridized carbons (Fsp3) is 0.885. The van der Waals surface area contributed by atoms with Crippen LogP contribution in [0.25, 0.3) is 0 Å². The number of rotatable bonds is 6. The first kappa shape index (κ1) is 27.9. The highest BCUT2D eigenvalue weighted by Crippen LogP contribution is 2.67. The van der Waals surface area contributed by atoms with Gasteiger partial charge in [-0.3, -0.25) is 14.4 Å². The van der Waals surface area contributed by atoms with Gasteiger partial charge >= 0.3 is 17.9 Å². The maximum Gasteiger partial charge on any atom is 0.307 e. The van der Waals surface area contributed by atoms with E-state index in [0.717, 1.165) is 0 Å². The standard InChI is InChI=1S/C26H43NO8/c1-16(28)33-18-10-13-23(3,4)21-20(35-19(30)11-14-27(7)8)22(34-17(2)29)25(6)26(31,24(18,21)5)12-9-15-32-25/h18,20-22,31H,9-15H2,1-8H3/t18-,20-,21-,22-,24-,25+,26-/m0/s1. The van der Waals surface area contributed by atoms with Crippen molar-refractivity contribution in [1.29, 1.82) is 0 Å². The van der Waals surface area contributed by atoms with Crippen LogP contribution in [0.3, 0.4) is 0 Å². The van der Waals surface area contributed by atoms with E-state index in [9.17, 15) is 19.5 Å². The summed E-state index contributed by atoms with van der Waals surface area (Å²) in [5.41, 5.74) is -4.34. The molecule has 35 heavy (non-hydrogen) atoms. The summed E-state index contributed by atoms with van der Waals surface area (Å²) >= 11 is 0. The molecule has 2 aliphatic carbocycles. The van der Waals surface area contributed by atoms with Gasteiger partial charge < -0.3 is 29.0 Å². The molecular formula is C26H43NO8. The third-order valence-corrected chi connectivity index (χ3v) is 8.81. The molecule has 0 unspecified atom stereocenters. The van der Waals surface area contributed by atoms with Crippen LogP contribution >= 0.6 is 0 Å². The summed E-state index contributed by atoms with van der Waals surface area (Å²) in [4.78, 5) is 39.4. The van der Waals surface area contributed by atoms with Crippen LogP contribution in [0.15, 0.2) is 0 Å². The van der Waals surface area contributed by atoms with Gasteiger partial charge in [-0.05, 0) is 52.1 Å². The second-order valence-corrected chi connectivity index (χ2v) is 11.8. The molecule has 0 spiro atoms. The average Bonchev–Trinajstić information content (AvgIpc) is 2.73. The highest BCUT2D eigenvalue weighted by molar-refractivity contribution is 5.70. The summed E-state index contributed by atoms with van der Waals surface area (Å²) in [6.07, 6.45) is -0.169. The summed E-state index contributed by atoms with van der Waals surface area (Å²) in [6.45, 7) is 11.3. The number of carbonyl (C=O) groups is 3. The molecule has 1 N–H and O–H groups in total. The van der Waals surface area contributed by atoms with Crippen LogP contribution in [-0.4, -0.2) is 84.7 Å². The first-order valence-electron chi connectivity index (χ1n) is 12.6. The van der Waals surface area contributed by atoms with Crippen LogP contribution in [0.2, 0.25) is 0 Å². The number of hydrogen-bond donors (Lipinski definition) is 1. The lowest BCUT2D eigenvalue weighted by molar-refractivity contribution is -0.375. The largest absolute Gasteiger partial charge is 0.462 e. The second-order valence-electron chi connectivity index (χ2n) is 11.8. The van der Waals surface area contributed by atoms with Gasteiger partial charge in [-0.25, -0.2) is 0 Å². The van der Waals surface area contributed by atoms with E-state index in [-0.39, 0.29) is 6.42 Å². The van der Waals surface area contributed by atoms with Crippen molar-refractivity contribution < 1.29 is 38.4 Å². The van der Waals surface area contributed by atoms with E-state index in [4.69, 9.17) is 18.9 Å². The summed E-state index contributed by atoms with van der Waals surface area (Å²) in [7, 11) is 3.75. The van der Waals surface area contributed by atoms with Gasteiger partial charge in [0, 0.05) is 38.3 Å². The van der Waals surface area contributed by atoms with Crippen molar-refractivity contribution in [2.45, 2.75) is 103 Å². The maximum absolute atomic E-state index is 13.1. The Bertz CT molecular complexity index is 843. The minimum absolute atomic E-state index is 0.162. The topological polar surface area (TPSA) is 112 Å². The molecule has 0 radical (unpaired) electrons. The Morgan fingerprint density at radius 3 is 2.20 bits per heavy atom. The molecule has 7 atom stereocenters. The highest BCUT2D eigenvalue weighted by Gasteiger charge is 2.78. The molecule has 0 aromatic rings. The van der Waals surface area contributed by atoms with Crippen molar-refractivity contribution in [3.63, 3.8) is 0 Å². The van der Waals surface area contributed by atoms with E-state index in [2.05, 4.69) is 13.8 Å². The lowest BCUT2D eigenvalue weighted by atomic mass is 9.40. The molecule has 9 heteroatoms. The van der Waals surface area contributed by atoms with E-state index in [1.54, 1.807) is 6.92 Å². The van der Waals surface area contributed by atoms with Gasteiger partial charge in [-0.2, -0.15) is 0 Å². The first-order chi connectivity index (χ1) is 16.1. The summed E-state index contributed by atoms with van der Waals surface area (Å²) in [6, 6.07) is 0. The van der Waals surface area contributed by atoms with E-state index >= 15 is 0 Å². The minimum Gasteiger partial charge on any atom is -0.462 e. The van der Waals surface area contributed by atoms with Crippen molar-refractivity contribution in [3.8, 4) is 0 Å². The average molecular weight is 498 g/mol.